The lowest BCUT2D eigenvalue weighted by atomic mass is 9.85. The van der Waals surface area contributed by atoms with Crippen LogP contribution in [-0.4, -0.2) is 33.4 Å². The van der Waals surface area contributed by atoms with Crippen LogP contribution in [0.5, 0.6) is 17.2 Å². The number of methoxy groups -OCH3 is 2. The van der Waals surface area contributed by atoms with Gasteiger partial charge in [0.05, 0.1) is 14.2 Å². The van der Waals surface area contributed by atoms with Crippen molar-refractivity contribution in [2.75, 3.05) is 27.4 Å². The maximum Gasteiger partial charge on any atom is 0.330 e. The molecule has 0 atom stereocenters. The summed E-state index contributed by atoms with van der Waals surface area (Å²) < 4.78 is 21.8. The topological polar surface area (TPSA) is 54.0 Å². The molecule has 0 spiro atoms. The van der Waals surface area contributed by atoms with Crippen molar-refractivity contribution < 1.29 is 23.7 Å². The Bertz CT molecular complexity index is 1820. The molecule has 0 aliphatic rings. The van der Waals surface area contributed by atoms with Crippen molar-refractivity contribution in [3.63, 3.8) is 0 Å². The fraction of sp³-hybridized carbons (Fsp3) is 0.114. The fourth-order valence-corrected chi connectivity index (χ4v) is 5.34. The summed E-state index contributed by atoms with van der Waals surface area (Å²) in [5.74, 6) is 1.91. The van der Waals surface area contributed by atoms with E-state index in [9.17, 15) is 4.79 Å². The van der Waals surface area contributed by atoms with Crippen LogP contribution in [0.4, 0.5) is 0 Å². The number of carbonyl (C=O) groups is 1. The lowest BCUT2D eigenvalue weighted by Crippen LogP contribution is -2.10. The Labute approximate surface area is 232 Å². The molecule has 0 N–H and O–H groups in total. The third-order valence-corrected chi connectivity index (χ3v) is 7.25. The highest BCUT2D eigenvalue weighted by Gasteiger charge is 2.17. The first-order valence-electron chi connectivity index (χ1n) is 13.1. The molecular formula is C35H28O5. The van der Waals surface area contributed by atoms with E-state index in [1.807, 2.05) is 24.3 Å². The van der Waals surface area contributed by atoms with Crippen molar-refractivity contribution in [2.45, 2.75) is 0 Å². The van der Waals surface area contributed by atoms with Gasteiger partial charge in [0, 0.05) is 6.08 Å². The minimum absolute atomic E-state index is 0.164. The van der Waals surface area contributed by atoms with Gasteiger partial charge in [0.15, 0.2) is 0 Å². The van der Waals surface area contributed by atoms with Crippen LogP contribution in [0.3, 0.4) is 0 Å². The van der Waals surface area contributed by atoms with Crippen molar-refractivity contribution in [3.05, 3.63) is 104 Å². The molecule has 0 unspecified atom stereocenters. The molecule has 5 heteroatoms. The van der Waals surface area contributed by atoms with Gasteiger partial charge in [-0.15, -0.1) is 0 Å². The first-order chi connectivity index (χ1) is 19.6. The molecule has 40 heavy (non-hydrogen) atoms. The van der Waals surface area contributed by atoms with Crippen LogP contribution in [0.2, 0.25) is 0 Å². The molecule has 6 aromatic rings. The van der Waals surface area contributed by atoms with Gasteiger partial charge < -0.3 is 18.9 Å². The van der Waals surface area contributed by atoms with E-state index < -0.39 is 5.97 Å². The summed E-state index contributed by atoms with van der Waals surface area (Å²) >= 11 is 0. The third-order valence-electron chi connectivity index (χ3n) is 7.25. The maximum absolute atomic E-state index is 11.2. The molecule has 6 aromatic carbocycles. The van der Waals surface area contributed by atoms with E-state index in [2.05, 4.69) is 73.3 Å². The fourth-order valence-electron chi connectivity index (χ4n) is 5.34. The van der Waals surface area contributed by atoms with E-state index in [0.29, 0.717) is 5.75 Å². The molecule has 0 bridgehead atoms. The van der Waals surface area contributed by atoms with Crippen LogP contribution in [0, 0.1) is 0 Å². The Balaban J connectivity index is 1.49. The predicted octanol–water partition coefficient (Wildman–Crippen LogP) is 8.04. The molecule has 198 valence electrons. The summed E-state index contributed by atoms with van der Waals surface area (Å²) in [6, 6.07) is 31.5. The summed E-state index contributed by atoms with van der Waals surface area (Å²) in [6.45, 7) is 3.83. The third kappa shape index (κ3) is 4.56. The second-order valence-electron chi connectivity index (χ2n) is 9.49. The number of benzene rings is 6. The molecule has 0 heterocycles. The van der Waals surface area contributed by atoms with Crippen molar-refractivity contribution in [1.29, 1.82) is 0 Å². The van der Waals surface area contributed by atoms with Crippen LogP contribution < -0.4 is 14.2 Å². The zero-order chi connectivity index (χ0) is 27.6. The monoisotopic (exact) mass is 528 g/mol. The molecule has 0 aromatic heterocycles. The molecule has 0 aliphatic carbocycles. The van der Waals surface area contributed by atoms with Gasteiger partial charge in [0.1, 0.15) is 30.5 Å². The quantitative estimate of drug-likeness (QED) is 0.0823. The Morgan fingerprint density at radius 2 is 1.20 bits per heavy atom. The predicted molar refractivity (Wildman–Crippen MR) is 161 cm³/mol. The molecule has 5 nitrogen and oxygen atoms in total. The highest BCUT2D eigenvalue weighted by Crippen LogP contribution is 2.45. The van der Waals surface area contributed by atoms with Gasteiger partial charge in [-0.3, -0.25) is 0 Å². The van der Waals surface area contributed by atoms with Crippen LogP contribution in [0.1, 0.15) is 0 Å². The summed E-state index contributed by atoms with van der Waals surface area (Å²) in [6.07, 6.45) is 1.14. The molecule has 0 amide bonds. The van der Waals surface area contributed by atoms with Gasteiger partial charge >= 0.3 is 5.97 Å². The normalized spacial score (nSPS) is 11.2. The molecule has 0 saturated carbocycles. The van der Waals surface area contributed by atoms with E-state index in [1.54, 1.807) is 14.2 Å². The van der Waals surface area contributed by atoms with Crippen molar-refractivity contribution >= 4 is 38.3 Å². The second-order valence-corrected chi connectivity index (χ2v) is 9.49. The van der Waals surface area contributed by atoms with E-state index in [4.69, 9.17) is 18.9 Å². The molecule has 0 radical (unpaired) electrons. The second kappa shape index (κ2) is 10.6. The first-order valence-corrected chi connectivity index (χ1v) is 13.1. The molecule has 0 saturated heterocycles. The van der Waals surface area contributed by atoms with Crippen LogP contribution >= 0.6 is 0 Å². The minimum atomic E-state index is -0.459. The van der Waals surface area contributed by atoms with Crippen LogP contribution in [0.15, 0.2) is 104 Å². The molecule has 6 rings (SSSR count). The van der Waals surface area contributed by atoms with E-state index in [0.717, 1.165) is 50.6 Å². The molecule has 0 fully saturated rings. The van der Waals surface area contributed by atoms with Crippen molar-refractivity contribution in [2.24, 2.45) is 0 Å². The van der Waals surface area contributed by atoms with Gasteiger partial charge in [0.2, 0.25) is 0 Å². The largest absolute Gasteiger partial charge is 0.497 e. The van der Waals surface area contributed by atoms with Gasteiger partial charge in [-0.25, -0.2) is 4.79 Å². The maximum atomic E-state index is 11.2. The van der Waals surface area contributed by atoms with Crippen LogP contribution in [-0.2, 0) is 9.53 Å². The first kappa shape index (κ1) is 25.3. The van der Waals surface area contributed by atoms with Crippen molar-refractivity contribution in [3.8, 4) is 39.5 Å². The van der Waals surface area contributed by atoms with E-state index >= 15 is 0 Å². The van der Waals surface area contributed by atoms with Crippen molar-refractivity contribution in [1.82, 2.24) is 0 Å². The standard InChI is InChI=1S/C35H28O5/c1-4-33(36)40-18-17-39-27-13-7-23(8-14-27)32-21-31(22-5-11-26(37-2)12-6-22)29-15-9-24-19-28(38-3)20-25-10-16-30(32)35(29)34(24)25/h4-16,19-21H,1,17-18H2,2-3H3. The summed E-state index contributed by atoms with van der Waals surface area (Å²) in [5.41, 5.74) is 4.48. The summed E-state index contributed by atoms with van der Waals surface area (Å²) in [7, 11) is 3.38. The number of hydrogen-bond acceptors (Lipinski definition) is 5. The SMILES string of the molecule is C=CC(=O)OCCOc1ccc(-c2cc(-c3ccc(OC)cc3)c3ccc4cc(OC)cc5ccc2c3c45)cc1. The highest BCUT2D eigenvalue weighted by molar-refractivity contribution is 6.28. The number of rotatable bonds is 9. The lowest BCUT2D eigenvalue weighted by molar-refractivity contribution is -0.138. The average Bonchev–Trinajstić information content (AvgIpc) is 3.01. The Morgan fingerprint density at radius 3 is 1.73 bits per heavy atom. The average molecular weight is 529 g/mol. The number of carbonyl (C=O) groups excluding carboxylic acids is 1. The lowest BCUT2D eigenvalue weighted by Gasteiger charge is -2.19. The Morgan fingerprint density at radius 1 is 0.650 bits per heavy atom. The smallest absolute Gasteiger partial charge is 0.330 e. The van der Waals surface area contributed by atoms with E-state index in [-0.39, 0.29) is 13.2 Å². The van der Waals surface area contributed by atoms with Gasteiger partial charge in [-0.05, 0) is 97.0 Å². The van der Waals surface area contributed by atoms with Gasteiger partial charge in [-0.1, -0.05) is 55.1 Å². The number of hydrogen-bond donors (Lipinski definition) is 0. The Kier molecular flexibility index (Phi) is 6.71. The van der Waals surface area contributed by atoms with E-state index in [1.165, 1.54) is 21.5 Å². The molecular weight excluding hydrogens is 500 g/mol. The highest BCUT2D eigenvalue weighted by atomic mass is 16.6. The van der Waals surface area contributed by atoms with Gasteiger partial charge in [-0.2, -0.15) is 0 Å². The zero-order valence-corrected chi connectivity index (χ0v) is 22.4. The summed E-state index contributed by atoms with van der Waals surface area (Å²) in [4.78, 5) is 11.2. The minimum Gasteiger partial charge on any atom is -0.497 e. The van der Waals surface area contributed by atoms with Crippen LogP contribution in [0.25, 0.3) is 54.6 Å². The molecule has 0 aliphatic heterocycles. The zero-order valence-electron chi connectivity index (χ0n) is 22.4. The Hall–Kier alpha value is -5.03. The summed E-state index contributed by atoms with van der Waals surface area (Å²) in [5, 5.41) is 7.12. The number of ether oxygens (including phenoxy) is 4. The number of esters is 1. The van der Waals surface area contributed by atoms with Gasteiger partial charge in [0.25, 0.3) is 0 Å².